The van der Waals surface area contributed by atoms with Gasteiger partial charge < -0.3 is 9.47 Å². The highest BCUT2D eigenvalue weighted by Gasteiger charge is 2.32. The number of benzene rings is 2. The number of halogens is 4. The van der Waals surface area contributed by atoms with Crippen LogP contribution >= 0.6 is 11.6 Å². The fourth-order valence-electron chi connectivity index (χ4n) is 1.74. The summed E-state index contributed by atoms with van der Waals surface area (Å²) in [6, 6.07) is 10.5. The van der Waals surface area contributed by atoms with Gasteiger partial charge in [0.05, 0.1) is 7.11 Å². The molecule has 6 heteroatoms. The second kappa shape index (κ2) is 5.63. The Morgan fingerprint density at radius 1 is 1.00 bits per heavy atom. The van der Waals surface area contributed by atoms with E-state index in [4.69, 9.17) is 16.3 Å². The summed E-state index contributed by atoms with van der Waals surface area (Å²) >= 11 is 6.04. The summed E-state index contributed by atoms with van der Waals surface area (Å²) in [7, 11) is 1.46. The maximum Gasteiger partial charge on any atom is 0.573 e. The van der Waals surface area contributed by atoms with Crippen LogP contribution in [-0.2, 0) is 0 Å². The van der Waals surface area contributed by atoms with Crippen molar-refractivity contribution in [2.75, 3.05) is 7.11 Å². The molecule has 0 aliphatic heterocycles. The molecule has 0 saturated heterocycles. The van der Waals surface area contributed by atoms with Gasteiger partial charge in [0.25, 0.3) is 0 Å². The third-order valence-corrected chi connectivity index (χ3v) is 2.91. The van der Waals surface area contributed by atoms with E-state index in [1.165, 1.54) is 25.3 Å². The van der Waals surface area contributed by atoms with E-state index in [2.05, 4.69) is 4.74 Å². The lowest BCUT2D eigenvalue weighted by Crippen LogP contribution is -2.17. The molecule has 0 N–H and O–H groups in total. The maximum atomic E-state index is 12.4. The molecule has 0 aromatic heterocycles. The first-order valence-corrected chi connectivity index (χ1v) is 5.97. The van der Waals surface area contributed by atoms with Crippen LogP contribution in [0.2, 0.25) is 5.02 Å². The number of alkyl halides is 3. The zero-order valence-electron chi connectivity index (χ0n) is 10.4. The van der Waals surface area contributed by atoms with Crippen LogP contribution in [0.3, 0.4) is 0 Å². The first-order valence-electron chi connectivity index (χ1n) is 5.59. The highest BCUT2D eigenvalue weighted by molar-refractivity contribution is 6.33. The number of ether oxygens (including phenoxy) is 2. The number of rotatable bonds is 3. The number of hydrogen-bond donors (Lipinski definition) is 0. The van der Waals surface area contributed by atoms with Gasteiger partial charge in [-0.15, -0.1) is 13.2 Å². The predicted octanol–water partition coefficient (Wildman–Crippen LogP) is 4.91. The Morgan fingerprint density at radius 3 is 2.35 bits per heavy atom. The van der Waals surface area contributed by atoms with Crippen molar-refractivity contribution in [2.24, 2.45) is 0 Å². The van der Waals surface area contributed by atoms with Gasteiger partial charge in [0.1, 0.15) is 11.5 Å². The Labute approximate surface area is 118 Å². The van der Waals surface area contributed by atoms with Crippen LogP contribution in [-0.4, -0.2) is 13.5 Å². The molecule has 0 bridgehead atoms. The van der Waals surface area contributed by atoms with E-state index in [9.17, 15) is 13.2 Å². The topological polar surface area (TPSA) is 18.5 Å². The molecule has 0 aliphatic rings. The zero-order chi connectivity index (χ0) is 14.8. The van der Waals surface area contributed by atoms with Crippen molar-refractivity contribution in [2.45, 2.75) is 6.36 Å². The third kappa shape index (κ3) is 3.36. The Morgan fingerprint density at radius 2 is 1.70 bits per heavy atom. The smallest absolute Gasteiger partial charge is 0.497 e. The first-order chi connectivity index (χ1) is 9.40. The van der Waals surface area contributed by atoms with Crippen LogP contribution in [0, 0.1) is 0 Å². The molecular weight excluding hydrogens is 293 g/mol. The second-order valence-electron chi connectivity index (χ2n) is 3.89. The molecule has 2 aromatic carbocycles. The lowest BCUT2D eigenvalue weighted by atomic mass is 10.0. The van der Waals surface area contributed by atoms with Gasteiger partial charge in [0.2, 0.25) is 0 Å². The van der Waals surface area contributed by atoms with Crippen molar-refractivity contribution < 1.29 is 22.6 Å². The fourth-order valence-corrected chi connectivity index (χ4v) is 1.96. The van der Waals surface area contributed by atoms with Crippen LogP contribution < -0.4 is 9.47 Å². The van der Waals surface area contributed by atoms with Crippen molar-refractivity contribution in [1.82, 2.24) is 0 Å². The van der Waals surface area contributed by atoms with E-state index in [-0.39, 0.29) is 11.3 Å². The van der Waals surface area contributed by atoms with Crippen LogP contribution in [0.25, 0.3) is 11.1 Å². The highest BCUT2D eigenvalue weighted by atomic mass is 35.5. The van der Waals surface area contributed by atoms with Gasteiger partial charge in [0.15, 0.2) is 0 Å². The lowest BCUT2D eigenvalue weighted by molar-refractivity contribution is -0.274. The van der Waals surface area contributed by atoms with E-state index in [1.807, 2.05) is 0 Å². The lowest BCUT2D eigenvalue weighted by Gasteiger charge is -2.14. The highest BCUT2D eigenvalue weighted by Crippen LogP contribution is 2.38. The third-order valence-electron chi connectivity index (χ3n) is 2.58. The minimum atomic E-state index is -4.76. The second-order valence-corrected chi connectivity index (χ2v) is 4.30. The molecule has 0 fully saturated rings. The normalized spacial score (nSPS) is 11.2. The fraction of sp³-hybridized carbons (Fsp3) is 0.143. The zero-order valence-corrected chi connectivity index (χ0v) is 11.1. The van der Waals surface area contributed by atoms with Gasteiger partial charge in [-0.25, -0.2) is 0 Å². The van der Waals surface area contributed by atoms with Crippen LogP contribution in [0.4, 0.5) is 13.2 Å². The molecule has 2 nitrogen and oxygen atoms in total. The van der Waals surface area contributed by atoms with Crippen LogP contribution in [0.5, 0.6) is 11.5 Å². The van der Waals surface area contributed by atoms with Crippen molar-refractivity contribution in [3.05, 3.63) is 47.5 Å². The SMILES string of the molecule is COc1ccc(Cl)c(-c2ccccc2OC(F)(F)F)c1. The standard InChI is InChI=1S/C14H10ClF3O2/c1-19-9-6-7-12(15)11(8-9)10-4-2-3-5-13(10)20-14(16,17)18/h2-8H,1H3. The summed E-state index contributed by atoms with van der Waals surface area (Å²) < 4.78 is 46.3. The summed E-state index contributed by atoms with van der Waals surface area (Å²) in [5, 5.41) is 0.309. The predicted molar refractivity (Wildman–Crippen MR) is 70.1 cm³/mol. The van der Waals surface area contributed by atoms with E-state index in [1.54, 1.807) is 24.3 Å². The summed E-state index contributed by atoms with van der Waals surface area (Å²) in [5.74, 6) is 0.182. The molecule has 0 spiro atoms. The Bertz CT molecular complexity index is 612. The summed E-state index contributed by atoms with van der Waals surface area (Å²) in [5.41, 5.74) is 0.652. The van der Waals surface area contributed by atoms with E-state index >= 15 is 0 Å². The average molecular weight is 303 g/mol. The molecule has 20 heavy (non-hydrogen) atoms. The molecule has 0 atom stereocenters. The molecule has 106 valence electrons. The molecule has 2 rings (SSSR count). The van der Waals surface area contributed by atoms with Gasteiger partial charge in [-0.05, 0) is 24.3 Å². The van der Waals surface area contributed by atoms with Gasteiger partial charge in [-0.2, -0.15) is 0 Å². The van der Waals surface area contributed by atoms with E-state index < -0.39 is 6.36 Å². The average Bonchev–Trinajstić information content (AvgIpc) is 2.38. The van der Waals surface area contributed by atoms with E-state index in [0.717, 1.165) is 0 Å². The molecular formula is C14H10ClF3O2. The molecule has 0 radical (unpaired) electrons. The van der Waals surface area contributed by atoms with Crippen molar-refractivity contribution in [3.8, 4) is 22.6 Å². The van der Waals surface area contributed by atoms with Crippen molar-refractivity contribution >= 4 is 11.6 Å². The van der Waals surface area contributed by atoms with Crippen LogP contribution in [0.1, 0.15) is 0 Å². The monoisotopic (exact) mass is 302 g/mol. The summed E-state index contributed by atoms with van der Waals surface area (Å²) in [6.07, 6.45) is -4.76. The molecule has 0 amide bonds. The maximum absolute atomic E-state index is 12.4. The Hall–Kier alpha value is -1.88. The quantitative estimate of drug-likeness (QED) is 0.801. The largest absolute Gasteiger partial charge is 0.573 e. The molecule has 0 unspecified atom stereocenters. The van der Waals surface area contributed by atoms with Crippen molar-refractivity contribution in [1.29, 1.82) is 0 Å². The summed E-state index contributed by atoms with van der Waals surface area (Å²) in [6.45, 7) is 0. The molecule has 2 aromatic rings. The van der Waals surface area contributed by atoms with Gasteiger partial charge in [-0.1, -0.05) is 29.8 Å². The van der Waals surface area contributed by atoms with Gasteiger partial charge >= 0.3 is 6.36 Å². The molecule has 0 saturated carbocycles. The minimum Gasteiger partial charge on any atom is -0.497 e. The number of methoxy groups -OCH3 is 1. The summed E-state index contributed by atoms with van der Waals surface area (Å²) in [4.78, 5) is 0. The Kier molecular flexibility index (Phi) is 4.09. The Balaban J connectivity index is 2.52. The molecule has 0 heterocycles. The molecule has 0 aliphatic carbocycles. The number of hydrogen-bond acceptors (Lipinski definition) is 2. The van der Waals surface area contributed by atoms with Gasteiger partial charge in [-0.3, -0.25) is 0 Å². The minimum absolute atomic E-state index is 0.244. The number of para-hydroxylation sites is 1. The first kappa shape index (κ1) is 14.5. The van der Waals surface area contributed by atoms with Gasteiger partial charge in [0, 0.05) is 16.1 Å². The van der Waals surface area contributed by atoms with Crippen molar-refractivity contribution in [3.63, 3.8) is 0 Å². The van der Waals surface area contributed by atoms with Crippen LogP contribution in [0.15, 0.2) is 42.5 Å². The van der Waals surface area contributed by atoms with E-state index in [0.29, 0.717) is 16.3 Å².